The van der Waals surface area contributed by atoms with Crippen LogP contribution in [0.15, 0.2) is 46.0 Å². The van der Waals surface area contributed by atoms with E-state index >= 15 is 0 Å². The number of amides is 1. The average molecular weight is 536 g/mol. The fraction of sp³-hybridized carbons (Fsp3) is 0.190. The normalized spacial score (nSPS) is 14.7. The first-order valence-electron chi connectivity index (χ1n) is 9.32. The summed E-state index contributed by atoms with van der Waals surface area (Å²) in [4.78, 5) is 30.6. The van der Waals surface area contributed by atoms with E-state index in [0.717, 1.165) is 0 Å². The Balaban J connectivity index is 2.02. The van der Waals surface area contributed by atoms with E-state index in [9.17, 15) is 9.59 Å². The molecular weight excluding hydrogens is 520 g/mol. The Morgan fingerprint density at radius 2 is 1.97 bits per heavy atom. The quantitative estimate of drug-likeness (QED) is 0.261. The number of hydrogen-bond acceptors (Lipinski definition) is 8. The number of thioether (sulfide) groups is 1. The topological polar surface area (TPSA) is 94.5 Å². The maximum Gasteiger partial charge on any atom is 0.308 e. The summed E-state index contributed by atoms with van der Waals surface area (Å²) in [5.74, 6) is -0.466. The number of halogens is 2. The first-order valence-corrected chi connectivity index (χ1v) is 11.7. The van der Waals surface area contributed by atoms with Crippen LogP contribution in [0, 0.1) is 0 Å². The Morgan fingerprint density at radius 3 is 2.66 bits per heavy atom. The van der Waals surface area contributed by atoms with Crippen LogP contribution in [-0.2, 0) is 9.59 Å². The maximum absolute atomic E-state index is 12.9. The fourth-order valence-corrected chi connectivity index (χ4v) is 4.57. The monoisotopic (exact) mass is 534 g/mol. The summed E-state index contributed by atoms with van der Waals surface area (Å²) in [6, 6.07) is 10.4. The fourth-order valence-electron chi connectivity index (χ4n) is 3.36. The largest absolute Gasteiger partial charge is 0.447 e. The molecule has 0 radical (unpaired) electrons. The zero-order valence-corrected chi connectivity index (χ0v) is 20.3. The molecule has 0 spiro atoms. The number of benzene rings is 2. The number of rotatable bonds is 3. The van der Waals surface area contributed by atoms with Gasteiger partial charge in [-0.3, -0.25) is 14.5 Å². The van der Waals surface area contributed by atoms with Crippen molar-refractivity contribution in [2.45, 2.75) is 25.2 Å². The summed E-state index contributed by atoms with van der Waals surface area (Å²) < 4.78 is 12.2. The number of carbonyl (C=O) groups excluding carboxylic acids is 2. The molecule has 1 aromatic heterocycles. The lowest BCUT2D eigenvalue weighted by Crippen LogP contribution is -2.36. The molecule has 1 amide bonds. The molecule has 32 heavy (non-hydrogen) atoms. The SMILES string of the molecule is CSc1nnc2c(n1)O[C@@H](c1cc(Cl)cc(Br)c1OC(C)=O)N(C(C)=O)c1ccccc1-2. The highest BCUT2D eigenvalue weighted by Gasteiger charge is 2.37. The van der Waals surface area contributed by atoms with Crippen LogP contribution in [0.25, 0.3) is 11.3 Å². The van der Waals surface area contributed by atoms with Gasteiger partial charge in [0.15, 0.2) is 11.4 Å². The molecule has 8 nitrogen and oxygen atoms in total. The number of esters is 1. The Labute approximate surface area is 201 Å². The molecule has 11 heteroatoms. The van der Waals surface area contributed by atoms with Crippen LogP contribution in [0.2, 0.25) is 5.02 Å². The zero-order valence-electron chi connectivity index (χ0n) is 17.1. The number of fused-ring (bicyclic) bond motifs is 3. The van der Waals surface area contributed by atoms with Crippen LogP contribution in [-0.4, -0.2) is 33.3 Å². The molecule has 0 fully saturated rings. The number of ether oxygens (including phenoxy) is 2. The van der Waals surface area contributed by atoms with Crippen molar-refractivity contribution < 1.29 is 19.1 Å². The third-order valence-electron chi connectivity index (χ3n) is 4.58. The summed E-state index contributed by atoms with van der Waals surface area (Å²) in [6.07, 6.45) is 0.769. The van der Waals surface area contributed by atoms with Crippen molar-refractivity contribution in [1.29, 1.82) is 0 Å². The third-order valence-corrected chi connectivity index (χ3v) is 5.93. The van der Waals surface area contributed by atoms with Crippen molar-refractivity contribution in [3.8, 4) is 22.9 Å². The lowest BCUT2D eigenvalue weighted by Gasteiger charge is -2.31. The van der Waals surface area contributed by atoms with E-state index in [2.05, 4.69) is 31.1 Å². The van der Waals surface area contributed by atoms with Crippen molar-refractivity contribution in [3.63, 3.8) is 0 Å². The van der Waals surface area contributed by atoms with E-state index in [1.807, 2.05) is 18.4 Å². The molecule has 3 aromatic rings. The standard InChI is InChI=1S/C21H16BrClN4O4S/c1-10(28)27-16-7-5-4-6-13(16)17-19(24-21(32-3)26-25-17)31-20(27)14-8-12(23)9-15(22)18(14)30-11(2)29/h4-9,20H,1-3H3/t20-/m0/s1. The van der Waals surface area contributed by atoms with Gasteiger partial charge in [-0.2, -0.15) is 4.98 Å². The van der Waals surface area contributed by atoms with Gasteiger partial charge in [-0.1, -0.05) is 41.6 Å². The van der Waals surface area contributed by atoms with Crippen LogP contribution in [0.4, 0.5) is 5.69 Å². The van der Waals surface area contributed by atoms with Crippen LogP contribution in [0.3, 0.4) is 0 Å². The smallest absolute Gasteiger partial charge is 0.308 e. The van der Waals surface area contributed by atoms with Gasteiger partial charge in [-0.25, -0.2) is 0 Å². The van der Waals surface area contributed by atoms with Crippen LogP contribution in [0.1, 0.15) is 25.6 Å². The number of hydrogen-bond donors (Lipinski definition) is 0. The molecule has 0 saturated heterocycles. The first kappa shape index (κ1) is 22.5. The molecule has 164 valence electrons. The van der Waals surface area contributed by atoms with Crippen molar-refractivity contribution in [1.82, 2.24) is 15.2 Å². The number of anilines is 1. The predicted molar refractivity (Wildman–Crippen MR) is 124 cm³/mol. The van der Waals surface area contributed by atoms with Crippen LogP contribution in [0.5, 0.6) is 11.6 Å². The molecule has 0 saturated carbocycles. The molecule has 2 heterocycles. The molecular formula is C21H16BrClN4O4S. The van der Waals surface area contributed by atoms with Crippen molar-refractivity contribution in [2.24, 2.45) is 0 Å². The number of aromatic nitrogens is 3. The summed E-state index contributed by atoms with van der Waals surface area (Å²) in [7, 11) is 0. The highest BCUT2D eigenvalue weighted by molar-refractivity contribution is 9.10. The van der Waals surface area contributed by atoms with E-state index in [1.165, 1.54) is 30.5 Å². The molecule has 4 rings (SSSR count). The van der Waals surface area contributed by atoms with Gasteiger partial charge < -0.3 is 9.47 Å². The molecule has 1 aliphatic rings. The molecule has 0 N–H and O–H groups in total. The Bertz CT molecular complexity index is 1240. The second-order valence-electron chi connectivity index (χ2n) is 6.73. The number of carbonyl (C=O) groups is 2. The third kappa shape index (κ3) is 4.17. The molecule has 1 atom stereocenters. The predicted octanol–water partition coefficient (Wildman–Crippen LogP) is 5.05. The minimum absolute atomic E-state index is 0.186. The van der Waals surface area contributed by atoms with E-state index in [0.29, 0.717) is 37.2 Å². The van der Waals surface area contributed by atoms with Gasteiger partial charge in [0.25, 0.3) is 0 Å². The minimum atomic E-state index is -1.05. The molecule has 0 aliphatic carbocycles. The molecule has 2 aromatic carbocycles. The number of para-hydroxylation sites is 1. The van der Waals surface area contributed by atoms with Gasteiger partial charge in [0.05, 0.1) is 15.7 Å². The Morgan fingerprint density at radius 1 is 1.22 bits per heavy atom. The summed E-state index contributed by atoms with van der Waals surface area (Å²) in [5, 5.41) is 9.19. The summed E-state index contributed by atoms with van der Waals surface area (Å²) in [5.41, 5.74) is 1.92. The van der Waals surface area contributed by atoms with E-state index in [4.69, 9.17) is 21.1 Å². The van der Waals surface area contributed by atoms with Gasteiger partial charge in [-0.05, 0) is 40.4 Å². The van der Waals surface area contributed by atoms with Crippen molar-refractivity contribution in [2.75, 3.05) is 11.2 Å². The second-order valence-corrected chi connectivity index (χ2v) is 8.79. The summed E-state index contributed by atoms with van der Waals surface area (Å²) >= 11 is 11.0. The van der Waals surface area contributed by atoms with Gasteiger partial charge in [0.1, 0.15) is 0 Å². The lowest BCUT2D eigenvalue weighted by molar-refractivity contribution is -0.132. The maximum atomic E-state index is 12.9. The molecule has 0 unspecified atom stereocenters. The minimum Gasteiger partial charge on any atom is -0.447 e. The highest BCUT2D eigenvalue weighted by atomic mass is 79.9. The van der Waals surface area contributed by atoms with Gasteiger partial charge in [0.2, 0.25) is 23.2 Å². The van der Waals surface area contributed by atoms with Gasteiger partial charge in [-0.15, -0.1) is 10.2 Å². The molecule has 1 aliphatic heterocycles. The van der Waals surface area contributed by atoms with Crippen LogP contribution >= 0.6 is 39.3 Å². The van der Waals surface area contributed by atoms with Gasteiger partial charge >= 0.3 is 5.97 Å². The average Bonchev–Trinajstić information content (AvgIpc) is 2.89. The molecule has 0 bridgehead atoms. The second kappa shape index (κ2) is 9.05. The highest BCUT2D eigenvalue weighted by Crippen LogP contribution is 2.46. The van der Waals surface area contributed by atoms with Gasteiger partial charge in [0, 0.05) is 24.4 Å². The van der Waals surface area contributed by atoms with E-state index in [-0.39, 0.29) is 17.5 Å². The summed E-state index contributed by atoms with van der Waals surface area (Å²) in [6.45, 7) is 2.70. The van der Waals surface area contributed by atoms with Crippen LogP contribution < -0.4 is 14.4 Å². The van der Waals surface area contributed by atoms with E-state index in [1.54, 1.807) is 24.3 Å². The zero-order chi connectivity index (χ0) is 23.0. The lowest BCUT2D eigenvalue weighted by atomic mass is 10.1. The Kier molecular flexibility index (Phi) is 6.36. The van der Waals surface area contributed by atoms with Crippen molar-refractivity contribution in [3.05, 3.63) is 51.5 Å². The Hall–Kier alpha value is -2.69. The van der Waals surface area contributed by atoms with E-state index < -0.39 is 12.2 Å². The first-order chi connectivity index (χ1) is 15.3. The number of nitrogens with zero attached hydrogens (tertiary/aromatic N) is 4. The van der Waals surface area contributed by atoms with Crippen molar-refractivity contribution >= 4 is 56.9 Å².